The molecule has 1 amide bonds. The van der Waals surface area contributed by atoms with Crippen LogP contribution in [-0.2, 0) is 4.74 Å². The Morgan fingerprint density at radius 3 is 2.65 bits per heavy atom. The summed E-state index contributed by atoms with van der Waals surface area (Å²) in [5.74, 6) is 0.536. The maximum Gasteiger partial charge on any atom is 0.407 e. The molecule has 0 unspecified atom stereocenters. The average Bonchev–Trinajstić information content (AvgIpc) is 2.28. The molecule has 0 radical (unpaired) electrons. The van der Waals surface area contributed by atoms with Gasteiger partial charge in [-0.1, -0.05) is 11.6 Å². The van der Waals surface area contributed by atoms with Crippen molar-refractivity contribution < 1.29 is 9.53 Å². The van der Waals surface area contributed by atoms with Gasteiger partial charge in [0.2, 0.25) is 5.95 Å². The van der Waals surface area contributed by atoms with Crippen LogP contribution >= 0.6 is 27.5 Å². The Morgan fingerprint density at radius 2 is 2.05 bits per heavy atom. The molecule has 0 aliphatic carbocycles. The molecule has 112 valence electrons. The van der Waals surface area contributed by atoms with E-state index < -0.39 is 11.7 Å². The normalized spacial score (nSPS) is 11.1. The van der Waals surface area contributed by atoms with Gasteiger partial charge in [0.15, 0.2) is 5.15 Å². The molecule has 0 spiro atoms. The summed E-state index contributed by atoms with van der Waals surface area (Å²) in [6.45, 7) is 6.20. The van der Waals surface area contributed by atoms with E-state index in [4.69, 9.17) is 22.1 Å². The number of aromatic nitrogens is 2. The van der Waals surface area contributed by atoms with E-state index in [0.29, 0.717) is 23.4 Å². The van der Waals surface area contributed by atoms with E-state index in [2.05, 4.69) is 36.5 Å². The molecule has 0 saturated heterocycles. The van der Waals surface area contributed by atoms with Crippen molar-refractivity contribution >= 4 is 45.4 Å². The summed E-state index contributed by atoms with van der Waals surface area (Å²) in [6.07, 6.45) is -0.474. The number of halogens is 2. The quantitative estimate of drug-likeness (QED) is 0.558. The van der Waals surface area contributed by atoms with E-state index in [1.54, 1.807) is 20.8 Å². The van der Waals surface area contributed by atoms with Crippen LogP contribution in [-0.4, -0.2) is 34.8 Å². The van der Waals surface area contributed by atoms with Crippen molar-refractivity contribution in [1.29, 1.82) is 0 Å². The lowest BCUT2D eigenvalue weighted by molar-refractivity contribution is 0.0530. The van der Waals surface area contributed by atoms with Gasteiger partial charge in [-0.2, -0.15) is 9.97 Å². The van der Waals surface area contributed by atoms with Crippen molar-refractivity contribution in [3.8, 4) is 0 Å². The number of nitrogens with two attached hydrogens (primary N) is 1. The number of ether oxygens (including phenoxy) is 1. The van der Waals surface area contributed by atoms with Crippen LogP contribution in [0, 0.1) is 0 Å². The summed E-state index contributed by atoms with van der Waals surface area (Å²) in [6, 6.07) is 0. The monoisotopic (exact) mass is 365 g/mol. The zero-order valence-corrected chi connectivity index (χ0v) is 13.8. The van der Waals surface area contributed by atoms with Crippen molar-refractivity contribution in [1.82, 2.24) is 15.3 Å². The number of nitrogen functional groups attached to an aromatic ring is 1. The number of carbonyl (C=O) groups is 1. The predicted octanol–water partition coefficient (Wildman–Crippen LogP) is 2.41. The van der Waals surface area contributed by atoms with Gasteiger partial charge >= 0.3 is 6.09 Å². The SMILES string of the molecule is CC(C)(C)OC(=O)NCCNc1nc(N)nc(Cl)c1Br. The number of amides is 1. The van der Waals surface area contributed by atoms with Crippen LogP contribution in [0.5, 0.6) is 0 Å². The van der Waals surface area contributed by atoms with Crippen LogP contribution in [0.4, 0.5) is 16.6 Å². The first-order chi connectivity index (χ1) is 9.19. The Labute approximate surface area is 130 Å². The number of alkyl carbamates (subject to hydrolysis) is 1. The van der Waals surface area contributed by atoms with Gasteiger partial charge in [0.05, 0.1) is 4.47 Å². The molecule has 4 N–H and O–H groups in total. The van der Waals surface area contributed by atoms with Crippen LogP contribution in [0.25, 0.3) is 0 Å². The van der Waals surface area contributed by atoms with Gasteiger partial charge in [-0.3, -0.25) is 0 Å². The molecule has 0 saturated carbocycles. The van der Waals surface area contributed by atoms with Crippen LogP contribution in [0.2, 0.25) is 5.15 Å². The molecule has 1 aromatic rings. The molecule has 1 rings (SSSR count). The topological polar surface area (TPSA) is 102 Å². The largest absolute Gasteiger partial charge is 0.444 e. The second kappa shape index (κ2) is 6.94. The van der Waals surface area contributed by atoms with Gasteiger partial charge in [0.1, 0.15) is 11.4 Å². The summed E-state index contributed by atoms with van der Waals surface area (Å²) in [5.41, 5.74) is 4.97. The fourth-order valence-corrected chi connectivity index (χ4v) is 1.71. The third kappa shape index (κ3) is 5.79. The van der Waals surface area contributed by atoms with Gasteiger partial charge in [-0.05, 0) is 36.7 Å². The Hall–Kier alpha value is -1.28. The lowest BCUT2D eigenvalue weighted by Crippen LogP contribution is -2.35. The third-order valence-corrected chi connectivity index (χ3v) is 3.17. The van der Waals surface area contributed by atoms with Gasteiger partial charge in [0.25, 0.3) is 0 Å². The number of hydrogen-bond donors (Lipinski definition) is 3. The first-order valence-corrected chi connectivity index (χ1v) is 7.05. The van der Waals surface area contributed by atoms with Gasteiger partial charge < -0.3 is 21.1 Å². The second-order valence-electron chi connectivity index (χ2n) is 4.89. The molecule has 7 nitrogen and oxygen atoms in total. The summed E-state index contributed by atoms with van der Waals surface area (Å²) < 4.78 is 5.62. The number of nitrogens with one attached hydrogen (secondary N) is 2. The number of rotatable bonds is 4. The minimum atomic E-state index is -0.519. The molecule has 20 heavy (non-hydrogen) atoms. The minimum absolute atomic E-state index is 0.0702. The number of anilines is 2. The fourth-order valence-electron chi connectivity index (χ4n) is 1.21. The van der Waals surface area contributed by atoms with Crippen molar-refractivity contribution in [3.63, 3.8) is 0 Å². The molecule has 0 aliphatic rings. The maximum absolute atomic E-state index is 11.4. The Balaban J connectivity index is 2.40. The molecule has 0 bridgehead atoms. The summed E-state index contributed by atoms with van der Waals surface area (Å²) in [7, 11) is 0. The molecule has 1 aromatic heterocycles. The summed E-state index contributed by atoms with van der Waals surface area (Å²) in [5, 5.41) is 5.81. The van der Waals surface area contributed by atoms with Gasteiger partial charge in [-0.15, -0.1) is 0 Å². The highest BCUT2D eigenvalue weighted by atomic mass is 79.9. The van der Waals surface area contributed by atoms with Crippen LogP contribution in [0.15, 0.2) is 4.47 Å². The number of hydrogen-bond acceptors (Lipinski definition) is 6. The third-order valence-electron chi connectivity index (χ3n) is 1.91. The average molecular weight is 367 g/mol. The van der Waals surface area contributed by atoms with E-state index in [9.17, 15) is 4.79 Å². The van der Waals surface area contributed by atoms with E-state index in [1.807, 2.05) is 0 Å². The highest BCUT2D eigenvalue weighted by Crippen LogP contribution is 2.27. The number of nitrogens with zero attached hydrogens (tertiary/aromatic N) is 2. The van der Waals surface area contributed by atoms with Crippen LogP contribution in [0.1, 0.15) is 20.8 Å². The Kier molecular flexibility index (Phi) is 5.82. The molecule has 0 atom stereocenters. The molecule has 1 heterocycles. The van der Waals surface area contributed by atoms with Crippen LogP contribution in [0.3, 0.4) is 0 Å². The first-order valence-electron chi connectivity index (χ1n) is 5.88. The zero-order valence-electron chi connectivity index (χ0n) is 11.5. The van der Waals surface area contributed by atoms with E-state index in [0.717, 1.165) is 0 Å². The lowest BCUT2D eigenvalue weighted by atomic mass is 10.2. The lowest BCUT2D eigenvalue weighted by Gasteiger charge is -2.19. The standard InChI is InChI=1S/C11H17BrClN5O2/c1-11(2,3)20-10(19)16-5-4-15-8-6(12)7(13)17-9(14)18-8/h4-5H2,1-3H3,(H,16,19)(H3,14,15,17,18). The number of carbonyl (C=O) groups excluding carboxylic acids is 1. The summed E-state index contributed by atoms with van der Waals surface area (Å²) in [4.78, 5) is 19.2. The smallest absolute Gasteiger partial charge is 0.407 e. The van der Waals surface area contributed by atoms with E-state index in [-0.39, 0.29) is 11.1 Å². The Morgan fingerprint density at radius 1 is 1.40 bits per heavy atom. The highest BCUT2D eigenvalue weighted by Gasteiger charge is 2.15. The van der Waals surface area contributed by atoms with Crippen molar-refractivity contribution in [2.75, 3.05) is 24.1 Å². The molecular weight excluding hydrogens is 350 g/mol. The minimum Gasteiger partial charge on any atom is -0.444 e. The molecule has 0 aliphatic heterocycles. The maximum atomic E-state index is 11.4. The molecule has 9 heteroatoms. The molecule has 0 fully saturated rings. The van der Waals surface area contributed by atoms with Gasteiger partial charge in [-0.25, -0.2) is 4.79 Å². The van der Waals surface area contributed by atoms with Crippen molar-refractivity contribution in [2.24, 2.45) is 0 Å². The Bertz CT molecular complexity index is 492. The van der Waals surface area contributed by atoms with Gasteiger partial charge in [0, 0.05) is 13.1 Å². The fraction of sp³-hybridized carbons (Fsp3) is 0.545. The van der Waals surface area contributed by atoms with E-state index in [1.165, 1.54) is 0 Å². The van der Waals surface area contributed by atoms with Crippen molar-refractivity contribution in [3.05, 3.63) is 9.63 Å². The van der Waals surface area contributed by atoms with E-state index >= 15 is 0 Å². The van der Waals surface area contributed by atoms with Crippen molar-refractivity contribution in [2.45, 2.75) is 26.4 Å². The predicted molar refractivity (Wildman–Crippen MR) is 81.9 cm³/mol. The highest BCUT2D eigenvalue weighted by molar-refractivity contribution is 9.10. The second-order valence-corrected chi connectivity index (χ2v) is 6.04. The molecular formula is C11H17BrClN5O2. The van der Waals surface area contributed by atoms with Crippen LogP contribution < -0.4 is 16.4 Å². The first kappa shape index (κ1) is 16.8. The molecule has 0 aromatic carbocycles. The summed E-state index contributed by atoms with van der Waals surface area (Å²) >= 11 is 9.10. The zero-order chi connectivity index (χ0) is 15.3.